The molecule has 1 aliphatic carbocycles. The van der Waals surface area contributed by atoms with E-state index in [0.717, 1.165) is 43.6 Å². The Kier molecular flexibility index (Phi) is 7.13. The van der Waals surface area contributed by atoms with Crippen LogP contribution in [0.3, 0.4) is 0 Å². The van der Waals surface area contributed by atoms with Gasteiger partial charge in [-0.05, 0) is 51.4 Å². The lowest BCUT2D eigenvalue weighted by Gasteiger charge is -2.33. The van der Waals surface area contributed by atoms with Gasteiger partial charge in [-0.1, -0.05) is 19.3 Å². The second-order valence-corrected chi connectivity index (χ2v) is 8.83. The molecule has 0 unspecified atom stereocenters. The molecule has 0 spiro atoms. The molecule has 156 valence electrons. The molecule has 0 aromatic carbocycles. The van der Waals surface area contributed by atoms with Crippen molar-refractivity contribution >= 4 is 11.8 Å². The van der Waals surface area contributed by atoms with Crippen LogP contribution in [-0.4, -0.2) is 39.6 Å². The summed E-state index contributed by atoms with van der Waals surface area (Å²) in [7, 11) is 1.91. The molecule has 3 rings (SSSR count). The molecule has 6 nitrogen and oxygen atoms in total. The van der Waals surface area contributed by atoms with E-state index in [4.69, 9.17) is 0 Å². The Morgan fingerprint density at radius 2 is 1.75 bits per heavy atom. The Balaban J connectivity index is 1.39. The molecule has 2 heterocycles. The van der Waals surface area contributed by atoms with Crippen LogP contribution in [0.25, 0.3) is 0 Å². The predicted molar refractivity (Wildman–Crippen MR) is 110 cm³/mol. The molecular formula is C22H36N4O2. The van der Waals surface area contributed by atoms with Gasteiger partial charge in [0.1, 0.15) is 0 Å². The number of carbonyl (C=O) groups is 2. The third-order valence-electron chi connectivity index (χ3n) is 6.75. The molecule has 2 aliphatic rings. The molecule has 1 saturated heterocycles. The van der Waals surface area contributed by atoms with Crippen LogP contribution in [0, 0.1) is 18.8 Å². The van der Waals surface area contributed by atoms with Crippen molar-refractivity contribution < 1.29 is 9.59 Å². The average molecular weight is 389 g/mol. The van der Waals surface area contributed by atoms with Gasteiger partial charge in [0.2, 0.25) is 11.8 Å². The summed E-state index contributed by atoms with van der Waals surface area (Å²) in [5.74, 6) is 1.40. The van der Waals surface area contributed by atoms with Crippen LogP contribution in [0.4, 0.5) is 0 Å². The van der Waals surface area contributed by atoms with Crippen LogP contribution in [-0.2, 0) is 16.6 Å². The first-order valence-electron chi connectivity index (χ1n) is 11.0. The van der Waals surface area contributed by atoms with Gasteiger partial charge < -0.3 is 10.2 Å². The van der Waals surface area contributed by atoms with Gasteiger partial charge in [0, 0.05) is 44.2 Å². The van der Waals surface area contributed by atoms with Gasteiger partial charge in [-0.15, -0.1) is 0 Å². The molecule has 1 N–H and O–H groups in total. The third kappa shape index (κ3) is 5.36. The van der Waals surface area contributed by atoms with Crippen LogP contribution in [0.15, 0.2) is 6.20 Å². The Morgan fingerprint density at radius 1 is 1.11 bits per heavy atom. The molecule has 1 aromatic rings. The molecule has 2 amide bonds. The summed E-state index contributed by atoms with van der Waals surface area (Å²) in [6.07, 6.45) is 11.3. The third-order valence-corrected chi connectivity index (χ3v) is 6.75. The van der Waals surface area contributed by atoms with Crippen LogP contribution in [0.2, 0.25) is 0 Å². The normalized spacial score (nSPS) is 20.2. The van der Waals surface area contributed by atoms with Crippen molar-refractivity contribution in [3.8, 4) is 0 Å². The minimum atomic E-state index is -0.0293. The lowest BCUT2D eigenvalue weighted by Crippen LogP contribution is -2.40. The number of carbonyl (C=O) groups excluding carboxylic acids is 2. The van der Waals surface area contributed by atoms with E-state index >= 15 is 0 Å². The lowest BCUT2D eigenvalue weighted by molar-refractivity contribution is -0.134. The Hall–Kier alpha value is -1.85. The van der Waals surface area contributed by atoms with Gasteiger partial charge in [-0.2, -0.15) is 5.10 Å². The number of nitrogens with zero attached hydrogens (tertiary/aromatic N) is 3. The molecular weight excluding hydrogens is 352 g/mol. The predicted octanol–water partition coefficient (Wildman–Crippen LogP) is 3.50. The highest BCUT2D eigenvalue weighted by Gasteiger charge is 2.27. The van der Waals surface area contributed by atoms with Crippen LogP contribution < -0.4 is 5.32 Å². The zero-order valence-electron chi connectivity index (χ0n) is 17.7. The maximum Gasteiger partial charge on any atom is 0.222 e. The first-order chi connectivity index (χ1) is 13.4. The molecule has 1 aliphatic heterocycles. The molecule has 1 aromatic heterocycles. The zero-order chi connectivity index (χ0) is 20.1. The minimum absolute atomic E-state index is 0.0293. The molecule has 0 radical (unpaired) electrons. The second-order valence-electron chi connectivity index (χ2n) is 8.83. The van der Waals surface area contributed by atoms with Gasteiger partial charge in [0.05, 0.1) is 12.2 Å². The highest BCUT2D eigenvalue weighted by atomic mass is 16.2. The number of amides is 2. The summed E-state index contributed by atoms with van der Waals surface area (Å²) in [5, 5.41) is 7.37. The van der Waals surface area contributed by atoms with Crippen LogP contribution in [0.5, 0.6) is 0 Å². The van der Waals surface area contributed by atoms with Gasteiger partial charge in [-0.3, -0.25) is 14.3 Å². The van der Waals surface area contributed by atoms with Crippen LogP contribution >= 0.6 is 0 Å². The summed E-state index contributed by atoms with van der Waals surface area (Å²) in [4.78, 5) is 27.1. The van der Waals surface area contributed by atoms with Crippen molar-refractivity contribution in [2.24, 2.45) is 18.9 Å². The van der Waals surface area contributed by atoms with E-state index in [1.807, 2.05) is 36.7 Å². The van der Waals surface area contributed by atoms with Crippen molar-refractivity contribution in [1.29, 1.82) is 0 Å². The van der Waals surface area contributed by atoms with Crippen LogP contribution in [0.1, 0.15) is 82.0 Å². The van der Waals surface area contributed by atoms with Crippen molar-refractivity contribution in [3.05, 3.63) is 17.5 Å². The lowest BCUT2D eigenvalue weighted by atomic mass is 9.86. The Bertz CT molecular complexity index is 670. The maximum absolute atomic E-state index is 12.6. The van der Waals surface area contributed by atoms with E-state index in [9.17, 15) is 9.59 Å². The van der Waals surface area contributed by atoms with Gasteiger partial charge in [0.15, 0.2) is 0 Å². The Morgan fingerprint density at radius 3 is 2.36 bits per heavy atom. The summed E-state index contributed by atoms with van der Waals surface area (Å²) < 4.78 is 1.83. The average Bonchev–Trinajstić information content (AvgIpc) is 3.02. The maximum atomic E-state index is 12.6. The van der Waals surface area contributed by atoms with E-state index in [1.54, 1.807) is 0 Å². The summed E-state index contributed by atoms with van der Waals surface area (Å²) in [6.45, 7) is 5.64. The summed E-state index contributed by atoms with van der Waals surface area (Å²) in [5.41, 5.74) is 2.15. The number of piperidine rings is 1. The van der Waals surface area contributed by atoms with E-state index < -0.39 is 0 Å². The molecule has 0 bridgehead atoms. The second kappa shape index (κ2) is 9.57. The van der Waals surface area contributed by atoms with Crippen molar-refractivity contribution in [2.75, 3.05) is 13.1 Å². The monoisotopic (exact) mass is 388 g/mol. The molecule has 28 heavy (non-hydrogen) atoms. The molecule has 2 fully saturated rings. The highest BCUT2D eigenvalue weighted by molar-refractivity contribution is 5.77. The molecule has 1 saturated carbocycles. The highest BCUT2D eigenvalue weighted by Crippen LogP contribution is 2.28. The fourth-order valence-corrected chi connectivity index (χ4v) is 4.73. The van der Waals surface area contributed by atoms with E-state index in [-0.39, 0.29) is 11.9 Å². The minimum Gasteiger partial charge on any atom is -0.349 e. The largest absolute Gasteiger partial charge is 0.349 e. The first kappa shape index (κ1) is 20.9. The number of hydrogen-bond donors (Lipinski definition) is 1. The quantitative estimate of drug-likeness (QED) is 0.811. The number of aromatic nitrogens is 2. The number of aryl methyl sites for hydroxylation is 1. The fraction of sp³-hybridized carbons (Fsp3) is 0.773. The standard InChI is InChI=1S/C22H36N4O2/c1-16(20-15-23-25(3)17(20)2)24-21(27)13-19-9-11-26(12-10-19)22(28)14-18-7-5-4-6-8-18/h15-16,18-19H,4-14H2,1-3H3,(H,24,27)/t16-/m0/s1. The van der Waals surface area contributed by atoms with Gasteiger partial charge in [-0.25, -0.2) is 0 Å². The SMILES string of the molecule is Cc1c([C@H](C)NC(=O)CC2CCN(C(=O)CC3CCCCC3)CC2)cnn1C. The first-order valence-corrected chi connectivity index (χ1v) is 11.0. The van der Waals surface area contributed by atoms with E-state index in [0.29, 0.717) is 24.2 Å². The fourth-order valence-electron chi connectivity index (χ4n) is 4.73. The number of rotatable bonds is 6. The number of hydrogen-bond acceptors (Lipinski definition) is 3. The zero-order valence-corrected chi connectivity index (χ0v) is 17.7. The van der Waals surface area contributed by atoms with E-state index in [1.165, 1.54) is 32.1 Å². The van der Waals surface area contributed by atoms with E-state index in [2.05, 4.69) is 10.4 Å². The summed E-state index contributed by atoms with van der Waals surface area (Å²) >= 11 is 0. The summed E-state index contributed by atoms with van der Waals surface area (Å²) in [6, 6.07) is -0.0293. The van der Waals surface area contributed by atoms with Gasteiger partial charge >= 0.3 is 0 Å². The Labute approximate surface area is 169 Å². The van der Waals surface area contributed by atoms with Crippen molar-refractivity contribution in [1.82, 2.24) is 20.0 Å². The van der Waals surface area contributed by atoms with Gasteiger partial charge in [0.25, 0.3) is 0 Å². The van der Waals surface area contributed by atoms with Crippen molar-refractivity contribution in [2.45, 2.75) is 77.7 Å². The molecule has 1 atom stereocenters. The number of nitrogens with one attached hydrogen (secondary N) is 1. The topological polar surface area (TPSA) is 67.2 Å². The smallest absolute Gasteiger partial charge is 0.222 e. The number of likely N-dealkylation sites (tertiary alicyclic amines) is 1. The molecule has 6 heteroatoms. The van der Waals surface area contributed by atoms with Crippen molar-refractivity contribution in [3.63, 3.8) is 0 Å².